The topological polar surface area (TPSA) is 77.4 Å². The van der Waals surface area contributed by atoms with Gasteiger partial charge in [-0.2, -0.15) is 5.10 Å². The normalized spacial score (nSPS) is 11.8. The molecule has 1 amide bonds. The zero-order valence-corrected chi connectivity index (χ0v) is 20.1. The summed E-state index contributed by atoms with van der Waals surface area (Å²) in [4.78, 5) is 14.0. The molecular formula is C28H21N5O2S. The lowest BCUT2D eigenvalue weighted by molar-refractivity contribution is 0.0945. The number of benzene rings is 3. The Balaban J connectivity index is 1.40. The highest BCUT2D eigenvalue weighted by Gasteiger charge is 2.19. The quantitative estimate of drug-likeness (QED) is 0.315. The molecule has 6 rings (SSSR count). The van der Waals surface area contributed by atoms with Crippen molar-refractivity contribution in [1.29, 1.82) is 0 Å². The maximum atomic E-state index is 13.4. The van der Waals surface area contributed by atoms with Crippen LogP contribution in [0.5, 0.6) is 0 Å². The fraction of sp³-hybridized carbons (Fsp3) is 0.0357. The molecule has 0 aliphatic carbocycles. The van der Waals surface area contributed by atoms with E-state index < -0.39 is 0 Å². The molecule has 0 spiro atoms. The van der Waals surface area contributed by atoms with Gasteiger partial charge in [0.05, 0.1) is 5.69 Å². The molecule has 0 unspecified atom stereocenters. The van der Waals surface area contributed by atoms with Crippen molar-refractivity contribution in [1.82, 2.24) is 19.8 Å². The van der Waals surface area contributed by atoms with Crippen LogP contribution in [0.25, 0.3) is 33.8 Å². The van der Waals surface area contributed by atoms with E-state index in [4.69, 9.17) is 9.52 Å². The molecule has 0 aliphatic heterocycles. The Kier molecular flexibility index (Phi) is 5.55. The molecule has 176 valence electrons. The lowest BCUT2D eigenvalue weighted by atomic mass is 10.2. The summed E-state index contributed by atoms with van der Waals surface area (Å²) in [5.41, 5.74) is 7.16. The Morgan fingerprint density at radius 3 is 2.36 bits per heavy atom. The fourth-order valence-electron chi connectivity index (χ4n) is 4.05. The molecule has 3 aromatic carbocycles. The number of nitrogens with zero attached hydrogens (tertiary/aromatic N) is 4. The number of aryl methyl sites for hydroxylation is 1. The maximum Gasteiger partial charge on any atom is 0.290 e. The molecule has 36 heavy (non-hydrogen) atoms. The van der Waals surface area contributed by atoms with Crippen molar-refractivity contribution in [2.45, 2.75) is 6.92 Å². The first kappa shape index (κ1) is 21.8. The number of furan rings is 1. The average molecular weight is 492 g/mol. The molecule has 0 aliphatic rings. The predicted octanol–water partition coefficient (Wildman–Crippen LogP) is 5.69. The van der Waals surface area contributed by atoms with Gasteiger partial charge in [0, 0.05) is 28.2 Å². The van der Waals surface area contributed by atoms with E-state index in [9.17, 15) is 4.79 Å². The number of hydrogen-bond donors (Lipinski definition) is 1. The molecule has 0 saturated heterocycles. The second-order valence-corrected chi connectivity index (χ2v) is 9.03. The summed E-state index contributed by atoms with van der Waals surface area (Å²) in [7, 11) is 0. The van der Waals surface area contributed by atoms with Gasteiger partial charge in [-0.1, -0.05) is 54.6 Å². The van der Waals surface area contributed by atoms with Gasteiger partial charge in [0.2, 0.25) is 4.80 Å². The molecular weight excluding hydrogens is 470 g/mol. The second-order valence-electron chi connectivity index (χ2n) is 8.19. The third-order valence-corrected chi connectivity index (χ3v) is 6.71. The van der Waals surface area contributed by atoms with Crippen LogP contribution in [0.1, 0.15) is 16.2 Å². The van der Waals surface area contributed by atoms with Gasteiger partial charge in [-0.25, -0.2) is 10.1 Å². The number of rotatable bonds is 5. The first-order valence-electron chi connectivity index (χ1n) is 11.4. The van der Waals surface area contributed by atoms with Crippen LogP contribution in [-0.2, 0) is 0 Å². The Morgan fingerprint density at radius 1 is 0.917 bits per heavy atom. The van der Waals surface area contributed by atoms with Gasteiger partial charge in [0.15, 0.2) is 5.76 Å². The molecule has 8 heteroatoms. The number of thiazole rings is 1. The standard InChI is InChI=1S/C28H21N5O2S/c1-19-18-36-28(32(19)21-11-4-2-5-12-21)30-29-27(34)24-17-23(31-33(24)22-13-6-3-7-14-22)26-16-20-10-8-9-15-25(20)35-26/h2-18H,1H3,(H,29,34)/b30-28-. The minimum Gasteiger partial charge on any atom is -0.454 e. The molecule has 7 nitrogen and oxygen atoms in total. The third kappa shape index (κ3) is 4.03. The molecule has 6 aromatic rings. The Bertz CT molecular complexity index is 1710. The van der Waals surface area contributed by atoms with E-state index >= 15 is 0 Å². The molecule has 1 N–H and O–H groups in total. The van der Waals surface area contributed by atoms with Crippen LogP contribution in [0.15, 0.2) is 112 Å². The van der Waals surface area contributed by atoms with Gasteiger partial charge in [-0.15, -0.1) is 16.4 Å². The summed E-state index contributed by atoms with van der Waals surface area (Å²) >= 11 is 1.46. The van der Waals surface area contributed by atoms with Gasteiger partial charge < -0.3 is 4.42 Å². The molecule has 0 radical (unpaired) electrons. The summed E-state index contributed by atoms with van der Waals surface area (Å²) in [5.74, 6) is 0.215. The van der Waals surface area contributed by atoms with Gasteiger partial charge in [0.1, 0.15) is 17.0 Å². The lowest BCUT2D eigenvalue weighted by Gasteiger charge is -2.07. The van der Waals surface area contributed by atoms with Crippen molar-refractivity contribution in [3.05, 3.63) is 119 Å². The van der Waals surface area contributed by atoms with Crippen molar-refractivity contribution in [2.75, 3.05) is 0 Å². The van der Waals surface area contributed by atoms with Gasteiger partial charge in [-0.05, 0) is 43.3 Å². The molecule has 0 atom stereocenters. The Hall–Kier alpha value is -4.69. The maximum absolute atomic E-state index is 13.4. The monoisotopic (exact) mass is 491 g/mol. The van der Waals surface area contributed by atoms with E-state index in [1.54, 1.807) is 10.7 Å². The Morgan fingerprint density at radius 2 is 1.61 bits per heavy atom. The van der Waals surface area contributed by atoms with E-state index in [0.717, 1.165) is 28.0 Å². The van der Waals surface area contributed by atoms with Crippen LogP contribution in [-0.4, -0.2) is 20.3 Å². The number of para-hydroxylation sites is 3. The third-order valence-electron chi connectivity index (χ3n) is 5.77. The van der Waals surface area contributed by atoms with Crippen LogP contribution >= 0.6 is 11.3 Å². The van der Waals surface area contributed by atoms with Crippen LogP contribution in [0.3, 0.4) is 0 Å². The van der Waals surface area contributed by atoms with E-state index in [2.05, 4.69) is 10.5 Å². The first-order chi connectivity index (χ1) is 17.7. The predicted molar refractivity (Wildman–Crippen MR) is 140 cm³/mol. The summed E-state index contributed by atoms with van der Waals surface area (Å²) in [6.07, 6.45) is 0. The number of amides is 1. The van der Waals surface area contributed by atoms with E-state index in [0.29, 0.717) is 21.9 Å². The summed E-state index contributed by atoms with van der Waals surface area (Å²) in [5, 5.41) is 12.1. The minimum absolute atomic E-state index is 0.347. The average Bonchev–Trinajstić information content (AvgIpc) is 3.64. The molecule has 0 saturated carbocycles. The van der Waals surface area contributed by atoms with Crippen LogP contribution in [0.2, 0.25) is 0 Å². The number of nitrogens with one attached hydrogen (secondary N) is 1. The van der Waals surface area contributed by atoms with Gasteiger partial charge >= 0.3 is 0 Å². The summed E-state index contributed by atoms with van der Waals surface area (Å²) in [6, 6.07) is 30.9. The lowest BCUT2D eigenvalue weighted by Crippen LogP contribution is -2.26. The highest BCUT2D eigenvalue weighted by molar-refractivity contribution is 7.07. The SMILES string of the molecule is Cc1cs/c(=N\NC(=O)c2cc(-c3cc4ccccc4o3)nn2-c2ccccc2)n1-c1ccccc1. The van der Waals surface area contributed by atoms with Crippen molar-refractivity contribution < 1.29 is 9.21 Å². The number of carbonyl (C=O) groups excluding carboxylic acids is 1. The number of carbonyl (C=O) groups is 1. The number of hydrogen-bond acceptors (Lipinski definition) is 5. The minimum atomic E-state index is -0.376. The van der Waals surface area contributed by atoms with E-state index in [1.165, 1.54) is 11.3 Å². The summed E-state index contributed by atoms with van der Waals surface area (Å²) < 4.78 is 9.61. The zero-order valence-electron chi connectivity index (χ0n) is 19.3. The van der Waals surface area contributed by atoms with Gasteiger partial charge in [-0.3, -0.25) is 9.36 Å². The van der Waals surface area contributed by atoms with E-state index in [1.807, 2.05) is 108 Å². The second kappa shape index (κ2) is 9.16. The highest BCUT2D eigenvalue weighted by atomic mass is 32.1. The van der Waals surface area contributed by atoms with Crippen LogP contribution < -0.4 is 10.2 Å². The summed E-state index contributed by atoms with van der Waals surface area (Å²) in [6.45, 7) is 2.01. The van der Waals surface area contributed by atoms with E-state index in [-0.39, 0.29) is 5.91 Å². The molecule has 0 bridgehead atoms. The molecule has 0 fully saturated rings. The fourth-order valence-corrected chi connectivity index (χ4v) is 4.89. The number of fused-ring (bicyclic) bond motifs is 1. The van der Waals surface area contributed by atoms with Crippen molar-refractivity contribution >= 4 is 28.2 Å². The largest absolute Gasteiger partial charge is 0.454 e. The van der Waals surface area contributed by atoms with Crippen molar-refractivity contribution in [3.63, 3.8) is 0 Å². The van der Waals surface area contributed by atoms with Crippen molar-refractivity contribution in [2.24, 2.45) is 5.10 Å². The smallest absolute Gasteiger partial charge is 0.290 e. The zero-order chi connectivity index (χ0) is 24.5. The van der Waals surface area contributed by atoms with Crippen LogP contribution in [0.4, 0.5) is 0 Å². The van der Waals surface area contributed by atoms with Crippen molar-refractivity contribution in [3.8, 4) is 22.8 Å². The van der Waals surface area contributed by atoms with Crippen LogP contribution in [0, 0.1) is 6.92 Å². The number of aromatic nitrogens is 3. The van der Waals surface area contributed by atoms with Gasteiger partial charge in [0.25, 0.3) is 5.91 Å². The Labute approximate surface area is 210 Å². The highest BCUT2D eigenvalue weighted by Crippen LogP contribution is 2.28. The first-order valence-corrected chi connectivity index (χ1v) is 12.3. The molecule has 3 heterocycles. The molecule has 3 aromatic heterocycles.